The van der Waals surface area contributed by atoms with Crippen LogP contribution in [-0.2, 0) is 15.8 Å². The van der Waals surface area contributed by atoms with E-state index < -0.39 is 23.2 Å². The van der Waals surface area contributed by atoms with Crippen molar-refractivity contribution >= 4 is 11.9 Å². The molecule has 0 spiro atoms. The van der Waals surface area contributed by atoms with E-state index >= 15 is 0 Å². The average Bonchev–Trinajstić information content (AvgIpc) is 2.93. The predicted molar refractivity (Wildman–Crippen MR) is 86.1 cm³/mol. The number of rotatable bonds is 6. The molecule has 4 nitrogen and oxygen atoms in total. The van der Waals surface area contributed by atoms with Crippen LogP contribution in [-0.4, -0.2) is 22.5 Å². The summed E-state index contributed by atoms with van der Waals surface area (Å²) in [6, 6.07) is 4.77. The zero-order chi connectivity index (χ0) is 18.7. The van der Waals surface area contributed by atoms with Gasteiger partial charge in [-0.25, -0.2) is 0 Å². The van der Waals surface area contributed by atoms with Crippen LogP contribution in [0.5, 0.6) is 0 Å². The van der Waals surface area contributed by atoms with Crippen LogP contribution in [0.2, 0.25) is 0 Å². The Bertz CT molecular complexity index is 619. The second-order valence-electron chi connectivity index (χ2n) is 6.83. The minimum absolute atomic E-state index is 0.104. The van der Waals surface area contributed by atoms with Crippen LogP contribution in [0.1, 0.15) is 62.5 Å². The third-order valence-electron chi connectivity index (χ3n) is 4.75. The smallest absolute Gasteiger partial charge is 0.416 e. The molecule has 0 saturated heterocycles. The second kappa shape index (κ2) is 7.45. The van der Waals surface area contributed by atoms with Crippen molar-refractivity contribution in [1.82, 2.24) is 5.32 Å². The van der Waals surface area contributed by atoms with Gasteiger partial charge in [0, 0.05) is 6.42 Å². The van der Waals surface area contributed by atoms with Gasteiger partial charge in [-0.15, -0.1) is 0 Å². The van der Waals surface area contributed by atoms with E-state index in [2.05, 4.69) is 5.32 Å². The normalized spacial score (nSPS) is 17.9. The summed E-state index contributed by atoms with van der Waals surface area (Å²) in [5.74, 6) is -1.47. The number of carbonyl (C=O) groups is 2. The number of alkyl halides is 3. The van der Waals surface area contributed by atoms with E-state index in [0.29, 0.717) is 18.4 Å². The Hall–Kier alpha value is -2.05. The Morgan fingerprint density at radius 1 is 1.20 bits per heavy atom. The molecule has 138 valence electrons. The average molecular weight is 357 g/mol. The maximum absolute atomic E-state index is 12.6. The van der Waals surface area contributed by atoms with E-state index in [0.717, 1.165) is 25.0 Å². The van der Waals surface area contributed by atoms with Crippen LogP contribution in [0.4, 0.5) is 13.2 Å². The molecule has 1 fully saturated rings. The highest BCUT2D eigenvalue weighted by Gasteiger charge is 2.37. The molecule has 2 rings (SSSR count). The van der Waals surface area contributed by atoms with Crippen molar-refractivity contribution in [3.63, 3.8) is 0 Å². The molecular weight excluding hydrogens is 335 g/mol. The Morgan fingerprint density at radius 2 is 1.76 bits per heavy atom. The molecule has 2 N–H and O–H groups in total. The van der Waals surface area contributed by atoms with Crippen LogP contribution >= 0.6 is 0 Å². The lowest BCUT2D eigenvalue weighted by molar-refractivity contribution is -0.139. The summed E-state index contributed by atoms with van der Waals surface area (Å²) in [5, 5.41) is 11.9. The van der Waals surface area contributed by atoms with Gasteiger partial charge in [-0.3, -0.25) is 9.59 Å². The number of carboxylic acid groups (broad SMARTS) is 1. The first-order valence-electron chi connectivity index (χ1n) is 8.31. The lowest BCUT2D eigenvalue weighted by atomic mass is 9.91. The highest BCUT2D eigenvalue weighted by Crippen LogP contribution is 2.34. The Labute approximate surface area is 144 Å². The lowest BCUT2D eigenvalue weighted by Crippen LogP contribution is -2.48. The summed E-state index contributed by atoms with van der Waals surface area (Å²) in [6.45, 7) is 1.76. The topological polar surface area (TPSA) is 66.4 Å². The summed E-state index contributed by atoms with van der Waals surface area (Å²) >= 11 is 0. The number of halogens is 3. The van der Waals surface area contributed by atoms with Crippen LogP contribution in [0.25, 0.3) is 0 Å². The highest BCUT2D eigenvalue weighted by molar-refractivity contribution is 5.79. The quantitative estimate of drug-likeness (QED) is 0.805. The SMILES string of the molecule is CC(CC(=O)NC1(CC(=O)O)CCCC1)c1ccc(C(F)(F)F)cc1. The summed E-state index contributed by atoms with van der Waals surface area (Å²) in [5.41, 5.74) is -0.774. The molecule has 1 atom stereocenters. The van der Waals surface area contributed by atoms with Crippen molar-refractivity contribution in [2.45, 2.75) is 63.1 Å². The minimum Gasteiger partial charge on any atom is -0.481 e. The number of hydrogen-bond acceptors (Lipinski definition) is 2. The van der Waals surface area contributed by atoms with Crippen molar-refractivity contribution in [1.29, 1.82) is 0 Å². The van der Waals surface area contributed by atoms with Gasteiger partial charge in [0.05, 0.1) is 17.5 Å². The summed E-state index contributed by atoms with van der Waals surface area (Å²) in [6.07, 6.45) is -1.35. The van der Waals surface area contributed by atoms with Gasteiger partial charge < -0.3 is 10.4 Å². The molecule has 1 aromatic carbocycles. The standard InChI is InChI=1S/C18H22F3NO3/c1-12(13-4-6-14(7-5-13)18(19,20)21)10-15(23)22-17(11-16(24)25)8-2-3-9-17/h4-7,12H,2-3,8-11H2,1H3,(H,22,23)(H,24,25). The van der Waals surface area contributed by atoms with Crippen LogP contribution in [0.15, 0.2) is 24.3 Å². The van der Waals surface area contributed by atoms with Gasteiger partial charge in [0.25, 0.3) is 0 Å². The summed E-state index contributed by atoms with van der Waals surface area (Å²) in [4.78, 5) is 23.4. The zero-order valence-electron chi connectivity index (χ0n) is 14.0. The van der Waals surface area contributed by atoms with E-state index in [1.165, 1.54) is 12.1 Å². The Kier molecular flexibility index (Phi) is 5.75. The van der Waals surface area contributed by atoms with E-state index in [9.17, 15) is 22.8 Å². The first-order chi connectivity index (χ1) is 11.6. The lowest BCUT2D eigenvalue weighted by Gasteiger charge is -2.29. The molecule has 0 heterocycles. The van der Waals surface area contributed by atoms with E-state index in [4.69, 9.17) is 5.11 Å². The second-order valence-corrected chi connectivity index (χ2v) is 6.83. The highest BCUT2D eigenvalue weighted by atomic mass is 19.4. The number of benzene rings is 1. The van der Waals surface area contributed by atoms with Gasteiger partial charge in [-0.05, 0) is 36.5 Å². The van der Waals surface area contributed by atoms with Crippen LogP contribution in [0.3, 0.4) is 0 Å². The number of carbonyl (C=O) groups excluding carboxylic acids is 1. The maximum atomic E-state index is 12.6. The van der Waals surface area contributed by atoms with Gasteiger partial charge >= 0.3 is 12.1 Å². The molecule has 7 heteroatoms. The van der Waals surface area contributed by atoms with E-state index in [1.54, 1.807) is 6.92 Å². The monoisotopic (exact) mass is 357 g/mol. The Balaban J connectivity index is 1.98. The summed E-state index contributed by atoms with van der Waals surface area (Å²) < 4.78 is 37.8. The Morgan fingerprint density at radius 3 is 2.24 bits per heavy atom. The third-order valence-corrected chi connectivity index (χ3v) is 4.75. The minimum atomic E-state index is -4.38. The van der Waals surface area contributed by atoms with Gasteiger partial charge in [0.1, 0.15) is 0 Å². The molecule has 1 aliphatic rings. The molecule has 0 radical (unpaired) electrons. The number of amides is 1. The van der Waals surface area contributed by atoms with Crippen molar-refractivity contribution in [2.75, 3.05) is 0 Å². The van der Waals surface area contributed by atoms with Gasteiger partial charge in [0.2, 0.25) is 5.91 Å². The molecule has 0 aromatic heterocycles. The molecule has 1 saturated carbocycles. The molecule has 1 amide bonds. The maximum Gasteiger partial charge on any atom is 0.416 e. The fourth-order valence-electron chi connectivity index (χ4n) is 3.43. The fraction of sp³-hybridized carbons (Fsp3) is 0.556. The van der Waals surface area contributed by atoms with Crippen molar-refractivity contribution in [3.8, 4) is 0 Å². The van der Waals surface area contributed by atoms with Crippen molar-refractivity contribution in [3.05, 3.63) is 35.4 Å². The first-order valence-corrected chi connectivity index (χ1v) is 8.31. The van der Waals surface area contributed by atoms with E-state index in [-0.39, 0.29) is 24.7 Å². The van der Waals surface area contributed by atoms with Crippen LogP contribution in [0, 0.1) is 0 Å². The molecule has 1 aliphatic carbocycles. The molecule has 1 aromatic rings. The largest absolute Gasteiger partial charge is 0.481 e. The molecule has 1 unspecified atom stereocenters. The number of nitrogens with one attached hydrogen (secondary N) is 1. The van der Waals surface area contributed by atoms with Crippen molar-refractivity contribution in [2.24, 2.45) is 0 Å². The number of carboxylic acids is 1. The van der Waals surface area contributed by atoms with E-state index in [1.807, 2.05) is 0 Å². The predicted octanol–water partition coefficient (Wildman–Crippen LogP) is 4.10. The molecule has 25 heavy (non-hydrogen) atoms. The van der Waals surface area contributed by atoms with Gasteiger partial charge in [0.15, 0.2) is 0 Å². The molecular formula is C18H22F3NO3. The number of hydrogen-bond donors (Lipinski definition) is 2. The van der Waals surface area contributed by atoms with Gasteiger partial charge in [-0.1, -0.05) is 31.9 Å². The van der Waals surface area contributed by atoms with Gasteiger partial charge in [-0.2, -0.15) is 13.2 Å². The molecule has 0 aliphatic heterocycles. The number of aliphatic carboxylic acids is 1. The summed E-state index contributed by atoms with van der Waals surface area (Å²) in [7, 11) is 0. The molecule has 0 bridgehead atoms. The third kappa shape index (κ3) is 5.21. The van der Waals surface area contributed by atoms with Crippen LogP contribution < -0.4 is 5.32 Å². The first kappa shape index (κ1) is 19.3. The van der Waals surface area contributed by atoms with Crippen molar-refractivity contribution < 1.29 is 27.9 Å². The zero-order valence-corrected chi connectivity index (χ0v) is 14.0. The fourth-order valence-corrected chi connectivity index (χ4v) is 3.43.